The summed E-state index contributed by atoms with van der Waals surface area (Å²) in [7, 11) is 2.15. The lowest BCUT2D eigenvalue weighted by Crippen LogP contribution is -2.54. The van der Waals surface area contributed by atoms with Crippen molar-refractivity contribution in [1.29, 1.82) is 0 Å². The van der Waals surface area contributed by atoms with E-state index < -0.39 is 0 Å². The molecule has 0 saturated heterocycles. The molecular weight excluding hydrogens is 248 g/mol. The van der Waals surface area contributed by atoms with Gasteiger partial charge in [-0.15, -0.1) is 0 Å². The summed E-state index contributed by atoms with van der Waals surface area (Å²) in [5, 5.41) is 13.8. The summed E-state index contributed by atoms with van der Waals surface area (Å²) in [5.74, 6) is 0. The molecule has 2 N–H and O–H groups in total. The van der Waals surface area contributed by atoms with Crippen LogP contribution in [0, 0.1) is 0 Å². The van der Waals surface area contributed by atoms with Gasteiger partial charge in [0.25, 0.3) is 0 Å². The fourth-order valence-corrected chi connectivity index (χ4v) is 2.75. The van der Waals surface area contributed by atoms with Gasteiger partial charge in [0, 0.05) is 12.6 Å². The van der Waals surface area contributed by atoms with Gasteiger partial charge >= 0.3 is 0 Å². The van der Waals surface area contributed by atoms with Crippen LogP contribution in [-0.2, 0) is 5.54 Å². The Balaban J connectivity index is 2.13. The van der Waals surface area contributed by atoms with Crippen molar-refractivity contribution < 1.29 is 5.11 Å². The molecule has 1 aromatic rings. The molecule has 112 valence electrons. The normalized spacial score (nSPS) is 18.2. The fourth-order valence-electron chi connectivity index (χ4n) is 2.75. The number of unbranched alkanes of at least 4 members (excludes halogenated alkanes) is 1. The topological polar surface area (TPSA) is 35.5 Å². The van der Waals surface area contributed by atoms with E-state index in [1.165, 1.54) is 31.2 Å². The van der Waals surface area contributed by atoms with Gasteiger partial charge < -0.3 is 15.3 Å². The molecule has 1 unspecified atom stereocenters. The van der Waals surface area contributed by atoms with Crippen LogP contribution in [0.25, 0.3) is 0 Å². The number of likely N-dealkylation sites (N-methyl/N-ethyl adjacent to an activating group) is 1. The molecule has 3 nitrogen and oxygen atoms in total. The van der Waals surface area contributed by atoms with Crippen molar-refractivity contribution >= 4 is 0 Å². The molecule has 0 spiro atoms. The number of aliphatic hydroxyl groups excluding tert-OH is 1. The summed E-state index contributed by atoms with van der Waals surface area (Å²) in [6.07, 6.45) is 4.87. The van der Waals surface area contributed by atoms with Crippen molar-refractivity contribution in [3.8, 4) is 0 Å². The summed E-state index contributed by atoms with van der Waals surface area (Å²) in [4.78, 5) is 2.34. The van der Waals surface area contributed by atoms with Gasteiger partial charge in [-0.1, -0.05) is 43.7 Å². The molecule has 0 heterocycles. The molecule has 1 atom stereocenters. The minimum atomic E-state index is -0.328. The highest BCUT2D eigenvalue weighted by molar-refractivity contribution is 5.26. The number of hydrogen-bond acceptors (Lipinski definition) is 3. The quantitative estimate of drug-likeness (QED) is 0.727. The van der Waals surface area contributed by atoms with Gasteiger partial charge in [-0.3, -0.25) is 0 Å². The van der Waals surface area contributed by atoms with Gasteiger partial charge in [0.15, 0.2) is 0 Å². The van der Waals surface area contributed by atoms with Gasteiger partial charge in [0.2, 0.25) is 0 Å². The first-order valence-corrected chi connectivity index (χ1v) is 7.83. The lowest BCUT2D eigenvalue weighted by atomic mass is 9.89. The number of benzene rings is 1. The standard InChI is InChI=1S/C17H28N2O/c1-3-4-12-19(2)13-17(14-20,18-16-10-11-16)15-8-6-5-7-9-15/h5-9,16,18,20H,3-4,10-14H2,1-2H3. The van der Waals surface area contributed by atoms with Crippen LogP contribution in [-0.4, -0.2) is 42.8 Å². The second-order valence-corrected chi connectivity index (χ2v) is 6.12. The minimum Gasteiger partial charge on any atom is -0.394 e. The molecule has 0 aromatic heterocycles. The molecule has 2 rings (SSSR count). The number of nitrogens with one attached hydrogen (secondary N) is 1. The summed E-state index contributed by atoms with van der Waals surface area (Å²) in [6, 6.07) is 11.0. The molecule has 3 heteroatoms. The van der Waals surface area contributed by atoms with E-state index in [2.05, 4.69) is 48.5 Å². The maximum atomic E-state index is 10.1. The summed E-state index contributed by atoms with van der Waals surface area (Å²) in [5.41, 5.74) is 0.864. The Labute approximate surface area is 123 Å². The maximum Gasteiger partial charge on any atom is 0.0799 e. The van der Waals surface area contributed by atoms with Crippen LogP contribution < -0.4 is 5.32 Å². The van der Waals surface area contributed by atoms with Crippen molar-refractivity contribution in [1.82, 2.24) is 10.2 Å². The van der Waals surface area contributed by atoms with Crippen LogP contribution in [0.1, 0.15) is 38.2 Å². The molecule has 0 aliphatic heterocycles. The number of aliphatic hydroxyl groups is 1. The molecule has 20 heavy (non-hydrogen) atoms. The second-order valence-electron chi connectivity index (χ2n) is 6.12. The van der Waals surface area contributed by atoms with Crippen molar-refractivity contribution in [2.45, 2.75) is 44.2 Å². The molecule has 0 radical (unpaired) electrons. The Morgan fingerprint density at radius 1 is 1.30 bits per heavy atom. The van der Waals surface area contributed by atoms with Crippen LogP contribution >= 0.6 is 0 Å². The Morgan fingerprint density at radius 2 is 2.00 bits per heavy atom. The van der Waals surface area contributed by atoms with Crippen LogP contribution in [0.2, 0.25) is 0 Å². The largest absolute Gasteiger partial charge is 0.394 e. The van der Waals surface area contributed by atoms with Crippen LogP contribution in [0.5, 0.6) is 0 Å². The van der Waals surface area contributed by atoms with Gasteiger partial charge in [-0.2, -0.15) is 0 Å². The molecule has 1 aromatic carbocycles. The molecule has 1 aliphatic carbocycles. The van der Waals surface area contributed by atoms with E-state index in [-0.39, 0.29) is 12.1 Å². The number of nitrogens with zero attached hydrogens (tertiary/aromatic N) is 1. The summed E-state index contributed by atoms with van der Waals surface area (Å²) >= 11 is 0. The highest BCUT2D eigenvalue weighted by atomic mass is 16.3. The molecule has 0 amide bonds. The van der Waals surface area contributed by atoms with E-state index in [1.54, 1.807) is 0 Å². The zero-order valence-electron chi connectivity index (χ0n) is 12.8. The SMILES string of the molecule is CCCCN(C)CC(CO)(NC1CC1)c1ccccc1. The zero-order valence-corrected chi connectivity index (χ0v) is 12.8. The average molecular weight is 276 g/mol. The van der Waals surface area contributed by atoms with Gasteiger partial charge in [0.1, 0.15) is 0 Å². The number of rotatable bonds is 9. The second kappa shape index (κ2) is 7.21. The predicted octanol–water partition coefficient (Wildman–Crippen LogP) is 2.36. The van der Waals surface area contributed by atoms with E-state index in [9.17, 15) is 5.11 Å². The van der Waals surface area contributed by atoms with E-state index in [1.807, 2.05) is 6.07 Å². The lowest BCUT2D eigenvalue weighted by molar-refractivity contribution is 0.115. The first-order valence-electron chi connectivity index (χ1n) is 7.83. The van der Waals surface area contributed by atoms with E-state index >= 15 is 0 Å². The molecule has 1 fully saturated rings. The first-order chi connectivity index (χ1) is 9.70. The summed E-state index contributed by atoms with van der Waals surface area (Å²) < 4.78 is 0. The number of hydrogen-bond donors (Lipinski definition) is 2. The van der Waals surface area contributed by atoms with E-state index in [4.69, 9.17) is 0 Å². The third-order valence-electron chi connectivity index (χ3n) is 4.09. The highest BCUT2D eigenvalue weighted by Gasteiger charge is 2.37. The van der Waals surface area contributed by atoms with Crippen LogP contribution in [0.15, 0.2) is 30.3 Å². The Kier molecular flexibility index (Phi) is 5.58. The van der Waals surface area contributed by atoms with Crippen molar-refractivity contribution in [2.75, 3.05) is 26.7 Å². The maximum absolute atomic E-state index is 10.1. The van der Waals surface area contributed by atoms with Gasteiger partial charge in [0.05, 0.1) is 12.1 Å². The van der Waals surface area contributed by atoms with Gasteiger partial charge in [-0.05, 0) is 38.4 Å². The Morgan fingerprint density at radius 3 is 2.55 bits per heavy atom. The molecule has 0 bridgehead atoms. The van der Waals surface area contributed by atoms with Crippen molar-refractivity contribution in [3.63, 3.8) is 0 Å². The third kappa shape index (κ3) is 4.05. The van der Waals surface area contributed by atoms with Crippen molar-refractivity contribution in [2.24, 2.45) is 0 Å². The van der Waals surface area contributed by atoms with Crippen LogP contribution in [0.3, 0.4) is 0 Å². The summed E-state index contributed by atoms with van der Waals surface area (Å²) in [6.45, 7) is 4.29. The predicted molar refractivity (Wildman–Crippen MR) is 83.8 cm³/mol. The Bertz CT molecular complexity index is 391. The molecule has 1 saturated carbocycles. The van der Waals surface area contributed by atoms with Crippen molar-refractivity contribution in [3.05, 3.63) is 35.9 Å². The highest BCUT2D eigenvalue weighted by Crippen LogP contribution is 2.29. The smallest absolute Gasteiger partial charge is 0.0799 e. The molecular formula is C17H28N2O. The van der Waals surface area contributed by atoms with E-state index in [0.717, 1.165) is 13.1 Å². The zero-order chi connectivity index (χ0) is 14.4. The minimum absolute atomic E-state index is 0.143. The molecule has 1 aliphatic rings. The first kappa shape index (κ1) is 15.5. The van der Waals surface area contributed by atoms with E-state index in [0.29, 0.717) is 6.04 Å². The van der Waals surface area contributed by atoms with Crippen LogP contribution in [0.4, 0.5) is 0 Å². The van der Waals surface area contributed by atoms with Gasteiger partial charge in [-0.25, -0.2) is 0 Å². The fraction of sp³-hybridized carbons (Fsp3) is 0.647. The monoisotopic (exact) mass is 276 g/mol. The Hall–Kier alpha value is -0.900. The third-order valence-corrected chi connectivity index (χ3v) is 4.09. The lowest BCUT2D eigenvalue weighted by Gasteiger charge is -2.37. The average Bonchev–Trinajstić information content (AvgIpc) is 3.29.